The fourth-order valence-electron chi connectivity index (χ4n) is 1.78. The van der Waals surface area contributed by atoms with Crippen molar-refractivity contribution in [3.63, 3.8) is 0 Å². The number of ketones is 1. The lowest BCUT2D eigenvalue weighted by Gasteiger charge is -2.09. The summed E-state index contributed by atoms with van der Waals surface area (Å²) < 4.78 is 105. The van der Waals surface area contributed by atoms with Gasteiger partial charge in [0.2, 0.25) is 17.4 Å². The van der Waals surface area contributed by atoms with E-state index in [-0.39, 0.29) is 11.6 Å². The zero-order valence-corrected chi connectivity index (χ0v) is 12.7. The molecule has 0 radical (unpaired) electrons. The van der Waals surface area contributed by atoms with Crippen molar-refractivity contribution in [2.24, 2.45) is 5.73 Å². The topological polar surface area (TPSA) is 95.7 Å². The van der Waals surface area contributed by atoms with Crippen LogP contribution in [0.25, 0.3) is 0 Å². The first kappa shape index (κ1) is 8.34. The van der Waals surface area contributed by atoms with Crippen LogP contribution in [0.4, 0.5) is 0 Å². The first-order valence-corrected chi connectivity index (χ1v) is 7.79. The van der Waals surface area contributed by atoms with E-state index in [0.717, 1.165) is 0 Å². The Morgan fingerprint density at radius 2 is 1.92 bits per heavy atom. The summed E-state index contributed by atoms with van der Waals surface area (Å²) in [7, 11) is -5.58. The second-order valence-corrected chi connectivity index (χ2v) is 5.66. The molecular weight excluding hydrogens is 330 g/mol. The molecule has 0 spiro atoms. The van der Waals surface area contributed by atoms with Gasteiger partial charge < -0.3 is 14.7 Å². The maximum atomic E-state index is 12.8. The molecule has 0 unspecified atom stereocenters. The molecule has 124 valence electrons. The Labute approximate surface area is 152 Å². The highest BCUT2D eigenvalue weighted by atomic mass is 32.2. The predicted molar refractivity (Wildman–Crippen MR) is 86.6 cm³/mol. The van der Waals surface area contributed by atoms with E-state index in [1.807, 2.05) is 0 Å². The number of ether oxygens (including phenoxy) is 1. The smallest absolute Gasteiger partial charge is 0.313 e. The zero-order chi connectivity index (χ0) is 25.1. The number of hydrogen-bond donors (Lipinski definition) is 1. The number of Topliss-reactive ketones (excluding diaryl/α,β-unsaturated/α-hetero) is 1. The minimum Gasteiger partial charge on any atom is -0.460 e. The third-order valence-corrected chi connectivity index (χ3v) is 3.59. The van der Waals surface area contributed by atoms with Gasteiger partial charge in [-0.3, -0.25) is 4.79 Å². The molecule has 1 aliphatic heterocycles. The maximum Gasteiger partial charge on any atom is 0.313 e. The monoisotopic (exact) mass is 354 g/mol. The second-order valence-electron chi connectivity index (χ2n) is 4.38. The number of hydrogen-bond acceptors (Lipinski definition) is 6. The summed E-state index contributed by atoms with van der Waals surface area (Å²) in [5.74, 6) is -3.54. The van der Waals surface area contributed by atoms with Crippen molar-refractivity contribution >= 4 is 15.9 Å². The van der Waals surface area contributed by atoms with Crippen LogP contribution in [-0.2, 0) is 29.5 Å². The van der Waals surface area contributed by atoms with Gasteiger partial charge in [-0.1, -0.05) is 60.5 Å². The fourth-order valence-corrected chi connectivity index (χ4v) is 2.55. The summed E-state index contributed by atoms with van der Waals surface area (Å²) in [4.78, 5) is 12.8. The Hall–Kier alpha value is -2.80. The highest BCUT2D eigenvalue weighted by Crippen LogP contribution is 2.32. The van der Waals surface area contributed by atoms with Crippen LogP contribution >= 0.6 is 0 Å². The van der Waals surface area contributed by atoms with Crippen LogP contribution in [0.5, 0.6) is 0 Å². The Kier molecular flexibility index (Phi) is 2.21. The van der Waals surface area contributed by atoms with Gasteiger partial charge in [-0.05, 0) is 5.56 Å². The van der Waals surface area contributed by atoms with E-state index in [4.69, 9.17) is 22.8 Å². The molecule has 0 fully saturated rings. The van der Waals surface area contributed by atoms with Gasteiger partial charge >= 0.3 is 10.1 Å². The lowest BCUT2D eigenvalue weighted by atomic mass is 10.1. The molecular formula is C17H15NO5S. The van der Waals surface area contributed by atoms with Crippen LogP contribution in [0.1, 0.15) is 29.5 Å². The molecule has 1 aliphatic rings. The van der Waals surface area contributed by atoms with Gasteiger partial charge in [-0.2, -0.15) is 8.42 Å². The summed E-state index contributed by atoms with van der Waals surface area (Å²) in [5, 5.41) is 0. The largest absolute Gasteiger partial charge is 0.460 e. The summed E-state index contributed by atoms with van der Waals surface area (Å²) in [5.41, 5.74) is 0.461. The van der Waals surface area contributed by atoms with Crippen molar-refractivity contribution in [2.45, 2.75) is 11.8 Å². The number of nitrogens with two attached hydrogens (primary N) is 1. The van der Waals surface area contributed by atoms with Crippen molar-refractivity contribution in [1.29, 1.82) is 0 Å². The highest BCUT2D eigenvalue weighted by molar-refractivity contribution is 7.86. The Balaban J connectivity index is 2.04. The van der Waals surface area contributed by atoms with Crippen LogP contribution < -0.4 is 5.73 Å². The average Bonchev–Trinajstić information content (AvgIpc) is 2.94. The molecule has 0 aromatic heterocycles. The summed E-state index contributed by atoms with van der Waals surface area (Å²) in [6.45, 7) is 0. The minimum atomic E-state index is -5.58. The number of carbonyl (C=O) groups is 1. The van der Waals surface area contributed by atoms with E-state index >= 15 is 0 Å². The second kappa shape index (κ2) is 6.37. The molecule has 2 N–H and O–H groups in total. The number of benzene rings is 2. The van der Waals surface area contributed by atoms with Crippen molar-refractivity contribution in [3.8, 4) is 0 Å². The zero-order valence-electron chi connectivity index (χ0n) is 20.8. The molecule has 3 rings (SSSR count). The van der Waals surface area contributed by atoms with Gasteiger partial charge in [-0.25, -0.2) is 0 Å². The van der Waals surface area contributed by atoms with Crippen molar-refractivity contribution in [3.05, 3.63) is 83.3 Å². The van der Waals surface area contributed by atoms with E-state index in [2.05, 4.69) is 4.18 Å². The molecule has 0 aliphatic carbocycles. The first-order chi connectivity index (χ1) is 15.1. The fraction of sp³-hybridized carbons (Fsp3) is 0.118. The van der Waals surface area contributed by atoms with Crippen LogP contribution in [0.3, 0.4) is 0 Å². The van der Waals surface area contributed by atoms with Gasteiger partial charge in [0.25, 0.3) is 0 Å². The maximum absolute atomic E-state index is 12.8. The van der Waals surface area contributed by atoms with Gasteiger partial charge in [0.1, 0.15) is 5.70 Å². The van der Waals surface area contributed by atoms with Crippen LogP contribution in [-0.4, -0.2) is 14.2 Å². The predicted octanol–water partition coefficient (Wildman–Crippen LogP) is 2.00. The van der Waals surface area contributed by atoms with E-state index < -0.39 is 75.1 Å². The van der Waals surface area contributed by atoms with Crippen LogP contribution in [0, 0.1) is 0 Å². The highest BCUT2D eigenvalue weighted by Gasteiger charge is 2.39. The van der Waals surface area contributed by atoms with Gasteiger partial charge in [0, 0.05) is 5.56 Å². The summed E-state index contributed by atoms with van der Waals surface area (Å²) in [6, 6.07) is -0.145. The van der Waals surface area contributed by atoms with E-state index in [0.29, 0.717) is 0 Å². The molecule has 1 heterocycles. The molecule has 2 aromatic carbocycles. The molecule has 0 saturated heterocycles. The Bertz CT molecular complexity index is 1280. The molecule has 0 saturated carbocycles. The van der Waals surface area contributed by atoms with Crippen molar-refractivity contribution in [1.82, 2.24) is 0 Å². The third kappa shape index (κ3) is 3.41. The molecule has 7 heteroatoms. The number of rotatable bonds is 5. The van der Waals surface area contributed by atoms with E-state index in [1.165, 1.54) is 24.3 Å². The quantitative estimate of drug-likeness (QED) is 0.825. The Morgan fingerprint density at radius 3 is 2.58 bits per heavy atom. The molecule has 6 nitrogen and oxygen atoms in total. The molecule has 0 amide bonds. The Morgan fingerprint density at radius 1 is 1.25 bits per heavy atom. The summed E-state index contributed by atoms with van der Waals surface area (Å²) in [6.07, 6.45) is -2.58. The summed E-state index contributed by atoms with van der Waals surface area (Å²) >= 11 is 0. The number of carbonyl (C=O) groups excluding carboxylic acids is 1. The average molecular weight is 354 g/mol. The standard InChI is InChI=1S/C17H15NO5S/c18-17-16(14(19)15(22-17)13-9-5-2-6-10-13)23-24(20,21)11-12-7-3-1-4-8-12/h1-10,15H,11,18H2/t15-/m1/s1/i1D,2D,3D,4D,7D,8D,11D2,15D. The van der Waals surface area contributed by atoms with Gasteiger partial charge in [0.05, 0.1) is 12.3 Å². The lowest BCUT2D eigenvalue weighted by molar-refractivity contribution is -0.123. The van der Waals surface area contributed by atoms with E-state index in [9.17, 15) is 13.2 Å². The molecule has 0 bridgehead atoms. The third-order valence-electron chi connectivity index (χ3n) is 2.75. The van der Waals surface area contributed by atoms with Crippen molar-refractivity contribution in [2.75, 3.05) is 0 Å². The molecule has 24 heavy (non-hydrogen) atoms. The van der Waals surface area contributed by atoms with Gasteiger partial charge in [0.15, 0.2) is 6.08 Å². The van der Waals surface area contributed by atoms with E-state index in [1.54, 1.807) is 0 Å². The van der Waals surface area contributed by atoms with Crippen molar-refractivity contribution < 1.29 is 34.5 Å². The first-order valence-electron chi connectivity index (χ1n) is 10.9. The van der Waals surface area contributed by atoms with Crippen LogP contribution in [0.2, 0.25) is 0 Å². The molecule has 2 aromatic rings. The van der Waals surface area contributed by atoms with Gasteiger partial charge in [-0.15, -0.1) is 0 Å². The SMILES string of the molecule is [2H]c1ccc([C@@]2([2H])OC(N)=C(OS(=O)(=O)C([2H])([2H])c3c([2H])c([2H])c([2H])c([2H])c3[2H])C2=O)cc1. The lowest BCUT2D eigenvalue weighted by Crippen LogP contribution is -2.16. The molecule has 1 atom stereocenters. The minimum absolute atomic E-state index is 0.0552. The normalized spacial score (nSPS) is 26.7. The van der Waals surface area contributed by atoms with Crippen LogP contribution in [0.15, 0.2) is 72.2 Å².